The van der Waals surface area contributed by atoms with Gasteiger partial charge in [0, 0.05) is 12.5 Å². The first-order valence-corrected chi connectivity index (χ1v) is 8.18. The van der Waals surface area contributed by atoms with Gasteiger partial charge in [0.1, 0.15) is 0 Å². The van der Waals surface area contributed by atoms with E-state index in [4.69, 9.17) is 28.3 Å². The fraction of sp³-hybridized carbons (Fsp3) is 0.500. The van der Waals surface area contributed by atoms with Gasteiger partial charge in [0.25, 0.3) is 0 Å². The van der Waals surface area contributed by atoms with Crippen LogP contribution in [0.5, 0.6) is 0 Å². The topological polar surface area (TPSA) is 66.4 Å². The summed E-state index contributed by atoms with van der Waals surface area (Å²) < 4.78 is 0. The molecule has 6 heteroatoms. The van der Waals surface area contributed by atoms with Gasteiger partial charge in [-0.2, -0.15) is 0 Å². The molecule has 0 bridgehead atoms. The first-order chi connectivity index (χ1) is 10.5. The Balaban J connectivity index is 1.82. The Labute approximate surface area is 139 Å². The third-order valence-electron chi connectivity index (χ3n) is 4.12. The number of aliphatic carboxylic acids is 1. The first kappa shape index (κ1) is 17.1. The van der Waals surface area contributed by atoms with E-state index in [2.05, 4.69) is 5.32 Å². The Morgan fingerprint density at radius 1 is 1.23 bits per heavy atom. The highest BCUT2D eigenvalue weighted by atomic mass is 35.5. The summed E-state index contributed by atoms with van der Waals surface area (Å²) in [7, 11) is 0. The van der Waals surface area contributed by atoms with Crippen LogP contribution in [0, 0.1) is 11.8 Å². The molecule has 0 aliphatic heterocycles. The number of amides is 1. The van der Waals surface area contributed by atoms with Crippen LogP contribution in [0.3, 0.4) is 0 Å². The molecule has 1 saturated carbocycles. The Kier molecular flexibility index (Phi) is 6.09. The monoisotopic (exact) mass is 343 g/mol. The van der Waals surface area contributed by atoms with E-state index in [0.717, 1.165) is 18.4 Å². The van der Waals surface area contributed by atoms with Crippen molar-refractivity contribution in [3.05, 3.63) is 33.8 Å². The maximum absolute atomic E-state index is 12.1. The summed E-state index contributed by atoms with van der Waals surface area (Å²) in [5, 5.41) is 13.0. The number of carbonyl (C=O) groups is 2. The molecule has 0 heterocycles. The maximum Gasteiger partial charge on any atom is 0.306 e. The quantitative estimate of drug-likeness (QED) is 0.859. The van der Waals surface area contributed by atoms with Gasteiger partial charge in [-0.25, -0.2) is 0 Å². The lowest BCUT2D eigenvalue weighted by Crippen LogP contribution is -2.36. The molecular formula is C16H19Cl2NO3. The summed E-state index contributed by atoms with van der Waals surface area (Å²) in [6, 6.07) is 5.42. The molecule has 1 aromatic carbocycles. The van der Waals surface area contributed by atoms with Crippen LogP contribution in [0.15, 0.2) is 18.2 Å². The summed E-state index contributed by atoms with van der Waals surface area (Å²) in [6.45, 7) is 0.465. The molecule has 2 N–H and O–H groups in total. The van der Waals surface area contributed by atoms with Crippen LogP contribution in [0.1, 0.15) is 31.2 Å². The van der Waals surface area contributed by atoms with E-state index in [1.807, 2.05) is 12.1 Å². The van der Waals surface area contributed by atoms with E-state index in [9.17, 15) is 9.59 Å². The van der Waals surface area contributed by atoms with Gasteiger partial charge in [-0.05, 0) is 37.3 Å². The van der Waals surface area contributed by atoms with Crippen molar-refractivity contribution in [1.82, 2.24) is 5.32 Å². The second kappa shape index (κ2) is 7.84. The Bertz CT molecular complexity index is 562. The van der Waals surface area contributed by atoms with Gasteiger partial charge in [0.15, 0.2) is 0 Å². The average molecular weight is 344 g/mol. The SMILES string of the molecule is O=C(O)C1CCCC(C(=O)NCCc2cccc(Cl)c2Cl)C1. The van der Waals surface area contributed by atoms with Crippen LogP contribution in [0.2, 0.25) is 10.0 Å². The zero-order chi connectivity index (χ0) is 16.1. The zero-order valence-corrected chi connectivity index (χ0v) is 13.7. The molecule has 22 heavy (non-hydrogen) atoms. The van der Waals surface area contributed by atoms with Crippen molar-refractivity contribution in [2.45, 2.75) is 32.1 Å². The standard InChI is InChI=1S/C16H19Cl2NO3/c17-13-6-2-3-10(14(13)18)7-8-19-15(20)11-4-1-5-12(9-11)16(21)22/h2-3,6,11-12H,1,4-5,7-9H2,(H,19,20)(H,21,22). The minimum absolute atomic E-state index is 0.0656. The summed E-state index contributed by atoms with van der Waals surface area (Å²) in [4.78, 5) is 23.2. The maximum atomic E-state index is 12.1. The van der Waals surface area contributed by atoms with Crippen molar-refractivity contribution in [1.29, 1.82) is 0 Å². The Morgan fingerprint density at radius 2 is 1.95 bits per heavy atom. The lowest BCUT2D eigenvalue weighted by molar-refractivity contribution is -0.144. The molecular weight excluding hydrogens is 325 g/mol. The molecule has 0 saturated heterocycles. The molecule has 0 aromatic heterocycles. The molecule has 1 aromatic rings. The summed E-state index contributed by atoms with van der Waals surface area (Å²) in [6.07, 6.45) is 3.24. The number of halogens is 2. The van der Waals surface area contributed by atoms with Crippen LogP contribution in [0.4, 0.5) is 0 Å². The normalized spacial score (nSPS) is 21.4. The van der Waals surface area contributed by atoms with Crippen molar-refractivity contribution < 1.29 is 14.7 Å². The van der Waals surface area contributed by atoms with E-state index in [-0.39, 0.29) is 11.8 Å². The van der Waals surface area contributed by atoms with Gasteiger partial charge >= 0.3 is 5.97 Å². The molecule has 1 amide bonds. The fourth-order valence-corrected chi connectivity index (χ4v) is 3.27. The van der Waals surface area contributed by atoms with Gasteiger partial charge in [-0.1, -0.05) is 41.8 Å². The molecule has 2 atom stereocenters. The second-order valence-corrected chi connectivity index (χ2v) is 6.44. The third-order valence-corrected chi connectivity index (χ3v) is 4.98. The van der Waals surface area contributed by atoms with Gasteiger partial charge in [0.2, 0.25) is 5.91 Å². The molecule has 2 unspecified atom stereocenters. The summed E-state index contributed by atoms with van der Waals surface area (Å²) in [5.74, 6) is -1.47. The number of carbonyl (C=O) groups excluding carboxylic acids is 1. The van der Waals surface area contributed by atoms with Crippen LogP contribution in [-0.4, -0.2) is 23.5 Å². The second-order valence-electron chi connectivity index (χ2n) is 5.65. The van der Waals surface area contributed by atoms with Crippen molar-refractivity contribution in [3.63, 3.8) is 0 Å². The zero-order valence-electron chi connectivity index (χ0n) is 12.1. The third kappa shape index (κ3) is 4.37. The Morgan fingerprint density at radius 3 is 2.68 bits per heavy atom. The first-order valence-electron chi connectivity index (χ1n) is 7.42. The number of nitrogens with one attached hydrogen (secondary N) is 1. The van der Waals surface area contributed by atoms with Crippen LogP contribution in [0.25, 0.3) is 0 Å². The number of carboxylic acid groups (broad SMARTS) is 1. The van der Waals surface area contributed by atoms with Crippen molar-refractivity contribution in [2.75, 3.05) is 6.54 Å². The van der Waals surface area contributed by atoms with E-state index in [1.54, 1.807) is 6.07 Å². The lowest BCUT2D eigenvalue weighted by atomic mass is 9.81. The van der Waals surface area contributed by atoms with Crippen molar-refractivity contribution in [2.24, 2.45) is 11.8 Å². The highest BCUT2D eigenvalue weighted by Gasteiger charge is 2.30. The molecule has 1 fully saturated rings. The highest BCUT2D eigenvalue weighted by Crippen LogP contribution is 2.29. The minimum Gasteiger partial charge on any atom is -0.481 e. The van der Waals surface area contributed by atoms with E-state index < -0.39 is 11.9 Å². The molecule has 2 rings (SSSR count). The van der Waals surface area contributed by atoms with Gasteiger partial charge < -0.3 is 10.4 Å². The molecule has 0 spiro atoms. The number of rotatable bonds is 5. The molecule has 1 aliphatic rings. The predicted octanol–water partition coefficient (Wildman–Crippen LogP) is 3.54. The Hall–Kier alpha value is -1.26. The van der Waals surface area contributed by atoms with Crippen molar-refractivity contribution >= 4 is 35.1 Å². The number of hydrogen-bond acceptors (Lipinski definition) is 2. The van der Waals surface area contributed by atoms with E-state index in [1.165, 1.54) is 0 Å². The van der Waals surface area contributed by atoms with Crippen LogP contribution >= 0.6 is 23.2 Å². The molecule has 1 aliphatic carbocycles. The van der Waals surface area contributed by atoms with E-state index >= 15 is 0 Å². The summed E-state index contributed by atoms with van der Waals surface area (Å²) in [5.41, 5.74) is 0.890. The highest BCUT2D eigenvalue weighted by molar-refractivity contribution is 6.42. The number of carboxylic acids is 1. The molecule has 4 nitrogen and oxygen atoms in total. The minimum atomic E-state index is -0.803. The van der Waals surface area contributed by atoms with Crippen LogP contribution in [-0.2, 0) is 16.0 Å². The average Bonchev–Trinajstić information content (AvgIpc) is 2.51. The summed E-state index contributed by atoms with van der Waals surface area (Å²) >= 11 is 12.0. The number of hydrogen-bond donors (Lipinski definition) is 2. The van der Waals surface area contributed by atoms with Crippen LogP contribution < -0.4 is 5.32 Å². The molecule has 0 radical (unpaired) electrons. The fourth-order valence-electron chi connectivity index (χ4n) is 2.86. The van der Waals surface area contributed by atoms with E-state index in [0.29, 0.717) is 35.9 Å². The number of benzene rings is 1. The lowest BCUT2D eigenvalue weighted by Gasteiger charge is -2.25. The van der Waals surface area contributed by atoms with Gasteiger partial charge in [0.05, 0.1) is 16.0 Å². The predicted molar refractivity (Wildman–Crippen MR) is 86.3 cm³/mol. The van der Waals surface area contributed by atoms with Gasteiger partial charge in [-0.15, -0.1) is 0 Å². The van der Waals surface area contributed by atoms with Gasteiger partial charge in [-0.3, -0.25) is 9.59 Å². The smallest absolute Gasteiger partial charge is 0.306 e. The largest absolute Gasteiger partial charge is 0.481 e. The van der Waals surface area contributed by atoms with Crippen molar-refractivity contribution in [3.8, 4) is 0 Å². The molecule has 120 valence electrons.